The van der Waals surface area contributed by atoms with Crippen molar-refractivity contribution in [1.82, 2.24) is 14.7 Å². The average Bonchev–Trinajstić information content (AvgIpc) is 2.48. The topological polar surface area (TPSA) is 21.1 Å². The van der Waals surface area contributed by atoms with Gasteiger partial charge in [0.05, 0.1) is 5.69 Å². The molecule has 16 heavy (non-hydrogen) atoms. The SMILES string of the molecule is Cc1nn(C)c(Cl)c1CN1CCCCC1C. The predicted molar refractivity (Wildman–Crippen MR) is 66.7 cm³/mol. The van der Waals surface area contributed by atoms with Gasteiger partial charge in [-0.15, -0.1) is 0 Å². The Balaban J connectivity index is 2.13. The van der Waals surface area contributed by atoms with Crippen LogP contribution in [0.25, 0.3) is 0 Å². The molecule has 1 aromatic heterocycles. The Labute approximate surface area is 102 Å². The minimum atomic E-state index is 0.671. The largest absolute Gasteiger partial charge is 0.296 e. The zero-order valence-corrected chi connectivity index (χ0v) is 11.1. The van der Waals surface area contributed by atoms with Gasteiger partial charge in [0.25, 0.3) is 0 Å². The van der Waals surface area contributed by atoms with Crippen LogP contribution >= 0.6 is 11.6 Å². The fourth-order valence-electron chi connectivity index (χ4n) is 2.45. The molecule has 1 fully saturated rings. The first-order valence-electron chi connectivity index (χ1n) is 6.01. The molecule has 0 aromatic carbocycles. The van der Waals surface area contributed by atoms with E-state index in [1.54, 1.807) is 4.68 Å². The molecule has 1 saturated heterocycles. The Bertz CT molecular complexity index is 373. The quantitative estimate of drug-likeness (QED) is 0.794. The highest BCUT2D eigenvalue weighted by Crippen LogP contribution is 2.24. The van der Waals surface area contributed by atoms with Gasteiger partial charge in [0.1, 0.15) is 5.15 Å². The Morgan fingerprint density at radius 3 is 2.75 bits per heavy atom. The monoisotopic (exact) mass is 241 g/mol. The van der Waals surface area contributed by atoms with Gasteiger partial charge in [-0.1, -0.05) is 18.0 Å². The van der Waals surface area contributed by atoms with Crippen molar-refractivity contribution in [3.8, 4) is 0 Å². The highest BCUT2D eigenvalue weighted by Gasteiger charge is 2.21. The summed E-state index contributed by atoms with van der Waals surface area (Å²) in [6.07, 6.45) is 3.97. The summed E-state index contributed by atoms with van der Waals surface area (Å²) in [6, 6.07) is 0.671. The molecule has 1 aromatic rings. The number of aryl methyl sites for hydroxylation is 2. The Kier molecular flexibility index (Phi) is 3.55. The molecule has 0 saturated carbocycles. The third-order valence-electron chi connectivity index (χ3n) is 3.57. The smallest absolute Gasteiger partial charge is 0.131 e. The average molecular weight is 242 g/mol. The summed E-state index contributed by atoms with van der Waals surface area (Å²) in [4.78, 5) is 2.51. The number of aromatic nitrogens is 2. The molecular formula is C12H20ClN3. The van der Waals surface area contributed by atoms with Crippen LogP contribution in [0.2, 0.25) is 5.15 Å². The Hall–Kier alpha value is -0.540. The number of halogens is 1. The van der Waals surface area contributed by atoms with E-state index < -0.39 is 0 Å². The molecule has 90 valence electrons. The van der Waals surface area contributed by atoms with Crippen LogP contribution in [-0.4, -0.2) is 27.3 Å². The summed E-state index contributed by atoms with van der Waals surface area (Å²) < 4.78 is 1.76. The summed E-state index contributed by atoms with van der Waals surface area (Å²) in [7, 11) is 1.90. The lowest BCUT2D eigenvalue weighted by Gasteiger charge is -2.33. The molecule has 4 heteroatoms. The van der Waals surface area contributed by atoms with Crippen LogP contribution in [0.5, 0.6) is 0 Å². The number of hydrogen-bond acceptors (Lipinski definition) is 2. The molecule has 1 aliphatic heterocycles. The van der Waals surface area contributed by atoms with E-state index in [-0.39, 0.29) is 0 Å². The van der Waals surface area contributed by atoms with Gasteiger partial charge in [-0.3, -0.25) is 9.58 Å². The van der Waals surface area contributed by atoms with Crippen LogP contribution in [0.3, 0.4) is 0 Å². The van der Waals surface area contributed by atoms with Crippen LogP contribution < -0.4 is 0 Å². The molecule has 0 radical (unpaired) electrons. The molecule has 1 unspecified atom stereocenters. The zero-order valence-electron chi connectivity index (χ0n) is 10.3. The minimum Gasteiger partial charge on any atom is -0.296 e. The lowest BCUT2D eigenvalue weighted by molar-refractivity contribution is 0.152. The standard InChI is InChI=1S/C12H20ClN3/c1-9-6-4-5-7-16(9)8-11-10(2)14-15(3)12(11)13/h9H,4-8H2,1-3H3. The van der Waals surface area contributed by atoms with Crippen molar-refractivity contribution >= 4 is 11.6 Å². The van der Waals surface area contributed by atoms with E-state index in [1.165, 1.54) is 31.4 Å². The fourth-order valence-corrected chi connectivity index (χ4v) is 2.68. The van der Waals surface area contributed by atoms with Crippen LogP contribution in [0.15, 0.2) is 0 Å². The maximum Gasteiger partial charge on any atom is 0.131 e. The van der Waals surface area contributed by atoms with E-state index in [1.807, 2.05) is 14.0 Å². The summed E-state index contributed by atoms with van der Waals surface area (Å²) in [6.45, 7) is 6.47. The number of hydrogen-bond donors (Lipinski definition) is 0. The van der Waals surface area contributed by atoms with Gasteiger partial charge in [0.2, 0.25) is 0 Å². The third kappa shape index (κ3) is 2.25. The number of nitrogens with zero attached hydrogens (tertiary/aromatic N) is 3. The normalized spacial score (nSPS) is 22.6. The predicted octanol–water partition coefficient (Wildman–Crippen LogP) is 2.76. The van der Waals surface area contributed by atoms with Crippen molar-refractivity contribution < 1.29 is 0 Å². The molecule has 0 aliphatic carbocycles. The second-order valence-corrected chi connectivity index (χ2v) is 5.15. The zero-order chi connectivity index (χ0) is 11.7. The highest BCUT2D eigenvalue weighted by atomic mass is 35.5. The molecule has 0 amide bonds. The molecule has 1 aliphatic rings. The molecule has 2 rings (SSSR count). The van der Waals surface area contributed by atoms with Crippen molar-refractivity contribution in [3.05, 3.63) is 16.4 Å². The second-order valence-electron chi connectivity index (χ2n) is 4.79. The lowest BCUT2D eigenvalue weighted by Crippen LogP contribution is -2.36. The molecule has 0 bridgehead atoms. The van der Waals surface area contributed by atoms with Crippen molar-refractivity contribution in [3.63, 3.8) is 0 Å². The molecule has 0 spiro atoms. The van der Waals surface area contributed by atoms with E-state index in [0.717, 1.165) is 17.4 Å². The van der Waals surface area contributed by atoms with Crippen LogP contribution in [-0.2, 0) is 13.6 Å². The van der Waals surface area contributed by atoms with Crippen molar-refractivity contribution in [1.29, 1.82) is 0 Å². The van der Waals surface area contributed by atoms with Gasteiger partial charge in [-0.2, -0.15) is 5.10 Å². The van der Waals surface area contributed by atoms with Crippen LogP contribution in [0.1, 0.15) is 37.4 Å². The van der Waals surface area contributed by atoms with Crippen molar-refractivity contribution in [2.75, 3.05) is 6.54 Å². The first-order chi connectivity index (χ1) is 7.59. The highest BCUT2D eigenvalue weighted by molar-refractivity contribution is 6.30. The lowest BCUT2D eigenvalue weighted by atomic mass is 10.0. The van der Waals surface area contributed by atoms with Gasteiger partial charge < -0.3 is 0 Å². The van der Waals surface area contributed by atoms with Gasteiger partial charge in [0, 0.05) is 25.2 Å². The summed E-state index contributed by atoms with van der Waals surface area (Å²) >= 11 is 6.25. The molecule has 2 heterocycles. The Morgan fingerprint density at radius 1 is 1.44 bits per heavy atom. The van der Waals surface area contributed by atoms with E-state index in [9.17, 15) is 0 Å². The molecule has 1 atom stereocenters. The van der Waals surface area contributed by atoms with Gasteiger partial charge in [0.15, 0.2) is 0 Å². The Morgan fingerprint density at radius 2 is 2.19 bits per heavy atom. The number of rotatable bonds is 2. The number of piperidine rings is 1. The summed E-state index contributed by atoms with van der Waals surface area (Å²) in [5, 5.41) is 5.15. The summed E-state index contributed by atoms with van der Waals surface area (Å²) in [5.74, 6) is 0. The second kappa shape index (κ2) is 4.76. The van der Waals surface area contributed by atoms with Crippen molar-refractivity contribution in [2.24, 2.45) is 7.05 Å². The van der Waals surface area contributed by atoms with Gasteiger partial charge in [-0.25, -0.2) is 0 Å². The first kappa shape index (κ1) is 11.9. The van der Waals surface area contributed by atoms with Gasteiger partial charge in [-0.05, 0) is 33.2 Å². The number of likely N-dealkylation sites (tertiary alicyclic amines) is 1. The maximum absolute atomic E-state index is 6.25. The fraction of sp³-hybridized carbons (Fsp3) is 0.750. The van der Waals surface area contributed by atoms with Crippen LogP contribution in [0.4, 0.5) is 0 Å². The summed E-state index contributed by atoms with van der Waals surface area (Å²) in [5.41, 5.74) is 2.25. The van der Waals surface area contributed by atoms with Crippen LogP contribution in [0, 0.1) is 6.92 Å². The first-order valence-corrected chi connectivity index (χ1v) is 6.39. The van der Waals surface area contributed by atoms with E-state index >= 15 is 0 Å². The van der Waals surface area contributed by atoms with E-state index in [4.69, 9.17) is 11.6 Å². The minimum absolute atomic E-state index is 0.671. The molecule has 3 nitrogen and oxygen atoms in total. The molecular weight excluding hydrogens is 222 g/mol. The molecule has 0 N–H and O–H groups in total. The van der Waals surface area contributed by atoms with Gasteiger partial charge >= 0.3 is 0 Å². The third-order valence-corrected chi connectivity index (χ3v) is 4.04. The van der Waals surface area contributed by atoms with Crippen molar-refractivity contribution in [2.45, 2.75) is 45.7 Å². The van der Waals surface area contributed by atoms with E-state index in [2.05, 4.69) is 16.9 Å². The van der Waals surface area contributed by atoms with E-state index in [0.29, 0.717) is 6.04 Å². The maximum atomic E-state index is 6.25.